The number of hydrogen-bond donors (Lipinski definition) is 9. The summed E-state index contributed by atoms with van der Waals surface area (Å²) in [7, 11) is -12.3. The summed E-state index contributed by atoms with van der Waals surface area (Å²) in [6, 6.07) is 33.9. The summed E-state index contributed by atoms with van der Waals surface area (Å²) in [5, 5.41) is 32.0. The van der Waals surface area contributed by atoms with Crippen molar-refractivity contribution in [2.75, 3.05) is 143 Å². The van der Waals surface area contributed by atoms with Gasteiger partial charge in [-0.05, 0) is 186 Å². The normalized spacial score (nSPS) is 12.7. The molecule has 1 fully saturated rings. The Bertz CT molecular complexity index is 4400. The zero-order valence-electron chi connectivity index (χ0n) is 67.4. The lowest BCUT2D eigenvalue weighted by Gasteiger charge is -2.33. The van der Waals surface area contributed by atoms with E-state index in [4.69, 9.17) is 32.6 Å². The molecule has 0 bridgehead atoms. The van der Waals surface area contributed by atoms with Gasteiger partial charge in [-0.15, -0.1) is 0 Å². The van der Waals surface area contributed by atoms with E-state index in [9.17, 15) is 49.5 Å². The molecule has 1 atom stereocenters. The molecule has 0 spiro atoms. The fraction of sp³-hybridized carbons (Fsp3) is 0.506. The highest BCUT2D eigenvalue weighted by molar-refractivity contribution is 7.98. The Morgan fingerprint density at radius 3 is 0.924 bits per heavy atom. The Kier molecular flexibility index (Phi) is 41.8. The molecule has 6 rings (SSSR count). The molecule has 0 radical (unpaired) electrons. The first-order valence-corrected chi connectivity index (χ1v) is 45.8. The van der Waals surface area contributed by atoms with Crippen molar-refractivity contribution in [2.24, 2.45) is 32.6 Å². The second-order valence-electron chi connectivity index (χ2n) is 29.3. The summed E-state index contributed by atoms with van der Waals surface area (Å²) in [6.07, 6.45) is 9.51. The maximum atomic E-state index is 15.6. The number of carbonyl (C=O) groups is 10. The van der Waals surface area contributed by atoms with Gasteiger partial charge in [0.05, 0.1) is 73.6 Å². The van der Waals surface area contributed by atoms with Crippen LogP contribution in [0.2, 0.25) is 0 Å². The van der Waals surface area contributed by atoms with Crippen LogP contribution in [0, 0.1) is 0 Å². The zero-order valence-corrected chi connectivity index (χ0v) is 70.6. The van der Waals surface area contributed by atoms with Gasteiger partial charge in [0.25, 0.3) is 0 Å². The van der Waals surface area contributed by atoms with Crippen LogP contribution >= 0.6 is 11.8 Å². The van der Waals surface area contributed by atoms with Gasteiger partial charge in [-0.25, -0.2) is 45.5 Å². The van der Waals surface area contributed by atoms with Crippen LogP contribution in [0.5, 0.6) is 0 Å². The Labute approximate surface area is 697 Å². The van der Waals surface area contributed by atoms with Gasteiger partial charge in [0, 0.05) is 58.4 Å². The number of carboxylic acid groups (broad SMARTS) is 1. The van der Waals surface area contributed by atoms with E-state index < -0.39 is 148 Å². The van der Waals surface area contributed by atoms with Crippen LogP contribution in [-0.4, -0.2) is 284 Å². The number of aliphatic carboxylic acids is 1. The Morgan fingerprint density at radius 1 is 0.381 bits per heavy atom. The summed E-state index contributed by atoms with van der Waals surface area (Å²) < 4.78 is 73.7. The summed E-state index contributed by atoms with van der Waals surface area (Å²) in [5.41, 5.74) is 21.0. The maximum absolute atomic E-state index is 15.6. The van der Waals surface area contributed by atoms with Crippen LogP contribution < -0.4 is 43.3 Å². The number of carbonyl (C=O) groups excluding carboxylic acids is 9. The third-order valence-electron chi connectivity index (χ3n) is 20.3. The lowest BCUT2D eigenvalue weighted by Crippen LogP contribution is -2.53. The number of primary sulfonamides is 3. The van der Waals surface area contributed by atoms with E-state index in [-0.39, 0.29) is 144 Å². The average molecular weight is 1720 g/mol. The molecule has 1 aliphatic carbocycles. The molecule has 1 aliphatic rings. The van der Waals surface area contributed by atoms with Crippen LogP contribution in [-0.2, 0) is 110 Å². The van der Waals surface area contributed by atoms with Crippen molar-refractivity contribution in [3.63, 3.8) is 0 Å². The molecule has 33 nitrogen and oxygen atoms in total. The summed E-state index contributed by atoms with van der Waals surface area (Å²) in [6.45, 7) is -5.02. The van der Waals surface area contributed by atoms with E-state index >= 15 is 28.8 Å². The molecular formula is C81H118N16O17S4. The number of nitrogens with one attached hydrogen (secondary N) is 2. The highest BCUT2D eigenvalue weighted by Crippen LogP contribution is 2.20. The average Bonchev–Trinajstić information content (AvgIpc) is 0.855. The molecule has 1 saturated carbocycles. The van der Waals surface area contributed by atoms with Crippen LogP contribution in [0.25, 0.3) is 0 Å². The van der Waals surface area contributed by atoms with E-state index in [0.29, 0.717) is 54.5 Å². The molecule has 0 heterocycles. The number of rotatable bonds is 54. The molecule has 118 heavy (non-hydrogen) atoms. The smallest absolute Gasteiger partial charge is 0.326 e. The van der Waals surface area contributed by atoms with Crippen molar-refractivity contribution in [2.45, 2.75) is 136 Å². The molecule has 9 amide bonds. The van der Waals surface area contributed by atoms with Gasteiger partial charge >= 0.3 is 5.97 Å². The number of nitrogens with two attached hydrogens (primary N) is 6. The topological polar surface area (TPSA) is 499 Å². The van der Waals surface area contributed by atoms with Gasteiger partial charge < -0.3 is 72.1 Å². The summed E-state index contributed by atoms with van der Waals surface area (Å²) >= 11 is 1.40. The van der Waals surface area contributed by atoms with Gasteiger partial charge in [0.1, 0.15) is 6.04 Å². The lowest BCUT2D eigenvalue weighted by atomic mass is 9.95. The quantitative estimate of drug-likeness (QED) is 0.0247. The van der Waals surface area contributed by atoms with Crippen LogP contribution in [0.1, 0.15) is 105 Å². The number of amides is 9. The molecule has 0 saturated heterocycles. The Hall–Kier alpha value is -9.28. The third-order valence-corrected chi connectivity index (χ3v) is 23.7. The number of carboxylic acids is 1. The molecule has 0 aromatic heterocycles. The van der Waals surface area contributed by atoms with Crippen molar-refractivity contribution in [3.8, 4) is 0 Å². The number of benzene rings is 5. The first kappa shape index (κ1) is 97.6. The van der Waals surface area contributed by atoms with Crippen LogP contribution in [0.3, 0.4) is 0 Å². The van der Waals surface area contributed by atoms with Gasteiger partial charge in [-0.1, -0.05) is 116 Å². The van der Waals surface area contributed by atoms with E-state index in [2.05, 4.69) is 10.6 Å². The molecule has 5 aromatic carbocycles. The predicted octanol–water partition coefficient (Wildman–Crippen LogP) is 1.23. The van der Waals surface area contributed by atoms with Crippen LogP contribution in [0.15, 0.2) is 148 Å². The largest absolute Gasteiger partial charge is 0.480 e. The van der Waals surface area contributed by atoms with Gasteiger partial charge in [0.15, 0.2) is 0 Å². The van der Waals surface area contributed by atoms with Gasteiger partial charge in [-0.3, -0.25) is 43.2 Å². The highest BCUT2D eigenvalue weighted by Gasteiger charge is 2.33. The van der Waals surface area contributed by atoms with Crippen molar-refractivity contribution in [1.29, 1.82) is 0 Å². The molecule has 648 valence electrons. The Morgan fingerprint density at radius 2 is 0.653 bits per heavy atom. The van der Waals surface area contributed by atoms with Gasteiger partial charge in [-0.2, -0.15) is 11.8 Å². The first-order valence-electron chi connectivity index (χ1n) is 39.8. The number of thioether (sulfide) groups is 1. The fourth-order valence-corrected chi connectivity index (χ4v) is 15.2. The lowest BCUT2D eigenvalue weighted by molar-refractivity contribution is -0.148. The van der Waals surface area contributed by atoms with E-state index in [1.165, 1.54) is 112 Å². The monoisotopic (exact) mass is 1710 g/mol. The Balaban J connectivity index is 1.36. The first-order chi connectivity index (χ1) is 56.3. The van der Waals surface area contributed by atoms with E-state index in [1.807, 2.05) is 24.3 Å². The molecule has 0 aliphatic heterocycles. The van der Waals surface area contributed by atoms with Crippen molar-refractivity contribution in [3.05, 3.63) is 161 Å². The third kappa shape index (κ3) is 35.3. The van der Waals surface area contributed by atoms with Crippen molar-refractivity contribution in [1.82, 2.24) is 49.8 Å². The highest BCUT2D eigenvalue weighted by atomic mass is 32.2. The van der Waals surface area contributed by atoms with Crippen molar-refractivity contribution >= 4 is 101 Å². The molecular weight excluding hydrogens is 1600 g/mol. The summed E-state index contributed by atoms with van der Waals surface area (Å²) in [5.74, 6) is -6.92. The SMILES string of the molecule is CSCCC(NC(=O)CN(CCCCN)C(=O)CN(CCCCN)C(=O)CN(CCc1ccccc1)C(=O)CN(CCc1ccc(S(N)(=O)=O)cc1)C(=O)CN(CCc1ccccc1)C(=O)CN(CCCCN)C(=O)CN(CCc1ccc(S(N)(=O)=O)cc1)C(=O)CN(CCc1ccc(S(N)(=O)=O)cc1)C(=O)CNC1CCCCC1)C(=O)O. The minimum Gasteiger partial charge on any atom is -0.480 e. The zero-order chi connectivity index (χ0) is 86.2. The second-order valence-corrected chi connectivity index (χ2v) is 34.9. The number of sulfonamides is 3. The molecule has 15 N–H and O–H groups in total. The number of hydrogen-bond acceptors (Lipinski definition) is 21. The molecule has 5 aromatic rings. The summed E-state index contributed by atoms with van der Waals surface area (Å²) in [4.78, 5) is 156. The maximum Gasteiger partial charge on any atom is 0.326 e. The fourth-order valence-electron chi connectivity index (χ4n) is 13.2. The van der Waals surface area contributed by atoms with Crippen LogP contribution in [0.4, 0.5) is 0 Å². The second kappa shape index (κ2) is 50.6. The molecule has 1 unspecified atom stereocenters. The minimum absolute atomic E-state index is 0.00974. The van der Waals surface area contributed by atoms with E-state index in [1.54, 1.807) is 54.8 Å². The number of unbranched alkanes of at least 4 members (excludes halogenated alkanes) is 3. The minimum atomic E-state index is -4.14. The van der Waals surface area contributed by atoms with Gasteiger partial charge in [0.2, 0.25) is 83.2 Å². The standard InChI is InChI=1S/C81H118N16O17S4/c1-115-52-40-71(81(107)108)89-72(98)54-90(44-14-11-41-82)74(100)55-91(45-15-12-42-83)75(101)58-94(48-35-62-17-5-2-6-18-62)79(105)61-97(51-39-66-27-33-70(34-28-66)118(87,113)114)80(106)60-95(49-36-63-19-7-3-8-20-63)77(103)56-92(46-16-13-43-84)76(102)59-96(50-38-65-25-31-69(32-26-65)117(86,111)112)78(104)57-93(73(99)53-88-67-21-9-4-10-22-67)47-37-64-23-29-68(30-24-64)116(85,109)110/h2-3,5-8,17-20,23-34,67,71,88H,4,9-16,21-22,35-61,82-84H2,1H3,(H,89,98)(H,107,108)(H2,85,109,110)(H2,86,111,112)(H2,87,113,114). The molecule has 37 heteroatoms. The van der Waals surface area contributed by atoms with E-state index in [0.717, 1.165) is 43.2 Å². The number of nitrogens with zero attached hydrogens (tertiary/aromatic N) is 8. The van der Waals surface area contributed by atoms with Crippen molar-refractivity contribution < 1.29 is 78.3 Å². The predicted molar refractivity (Wildman–Crippen MR) is 450 cm³/mol.